The fourth-order valence-corrected chi connectivity index (χ4v) is 1.43. The van der Waals surface area contributed by atoms with Crippen molar-refractivity contribution in [3.05, 3.63) is 47.1 Å². The zero-order chi connectivity index (χ0) is 11.4. The van der Waals surface area contributed by atoms with Gasteiger partial charge in [-0.05, 0) is 50.5 Å². The van der Waals surface area contributed by atoms with E-state index in [-0.39, 0.29) is 0 Å². The third kappa shape index (κ3) is 2.98. The Kier molecular flexibility index (Phi) is 3.73. The van der Waals surface area contributed by atoms with Gasteiger partial charge in [0.1, 0.15) is 5.75 Å². The molecule has 0 aromatic heterocycles. The van der Waals surface area contributed by atoms with Crippen LogP contribution in [0.25, 0.3) is 5.57 Å². The average Bonchev–Trinajstić information content (AvgIpc) is 2.18. The zero-order valence-electron chi connectivity index (χ0n) is 9.83. The molecule has 1 nitrogen and oxygen atoms in total. The number of benzene rings is 1. The third-order valence-corrected chi connectivity index (χ3v) is 2.40. The summed E-state index contributed by atoms with van der Waals surface area (Å²) < 4.78 is 0. The summed E-state index contributed by atoms with van der Waals surface area (Å²) in [5.74, 6) is 0.359. The summed E-state index contributed by atoms with van der Waals surface area (Å²) in [6, 6.07) is 5.62. The second-order valence-corrected chi connectivity index (χ2v) is 4.04. The molecule has 0 heterocycles. The predicted octanol–water partition coefficient (Wildman–Crippen LogP) is 4.07. The molecule has 1 N–H and O–H groups in total. The van der Waals surface area contributed by atoms with Crippen LogP contribution in [0.2, 0.25) is 0 Å². The monoisotopic (exact) mass is 202 g/mol. The summed E-state index contributed by atoms with van der Waals surface area (Å²) in [7, 11) is 0. The summed E-state index contributed by atoms with van der Waals surface area (Å²) in [6.45, 7) is 8.13. The second-order valence-electron chi connectivity index (χ2n) is 4.04. The molecule has 0 saturated carbocycles. The third-order valence-electron chi connectivity index (χ3n) is 2.40. The number of hydrogen-bond acceptors (Lipinski definition) is 1. The van der Waals surface area contributed by atoms with E-state index < -0.39 is 0 Å². The molecule has 0 saturated heterocycles. The van der Waals surface area contributed by atoms with Gasteiger partial charge >= 0.3 is 0 Å². The molecule has 0 aliphatic heterocycles. The zero-order valence-corrected chi connectivity index (χ0v) is 9.83. The van der Waals surface area contributed by atoms with Gasteiger partial charge in [0.05, 0.1) is 0 Å². The van der Waals surface area contributed by atoms with Gasteiger partial charge in [-0.2, -0.15) is 0 Å². The van der Waals surface area contributed by atoms with Crippen LogP contribution in [0.15, 0.2) is 35.9 Å². The summed E-state index contributed by atoms with van der Waals surface area (Å²) in [5.41, 5.74) is 4.48. The first-order chi connectivity index (χ1) is 7.02. The number of allylic oxidation sites excluding steroid dienone is 4. The highest BCUT2D eigenvalue weighted by Gasteiger charge is 2.02. The summed E-state index contributed by atoms with van der Waals surface area (Å²) >= 11 is 0. The Bertz CT molecular complexity index is 407. The molecular weight excluding hydrogens is 184 g/mol. The fraction of sp³-hybridized carbons (Fsp3) is 0.286. The van der Waals surface area contributed by atoms with Crippen LogP contribution in [0.3, 0.4) is 0 Å². The lowest BCUT2D eigenvalue weighted by molar-refractivity contribution is 0.471. The van der Waals surface area contributed by atoms with Crippen LogP contribution in [0, 0.1) is 6.92 Å². The molecule has 15 heavy (non-hydrogen) atoms. The second kappa shape index (κ2) is 4.83. The summed E-state index contributed by atoms with van der Waals surface area (Å²) in [5, 5.41) is 9.58. The van der Waals surface area contributed by atoms with E-state index in [0.29, 0.717) is 5.75 Å². The number of rotatable bonds is 2. The fourth-order valence-electron chi connectivity index (χ4n) is 1.43. The molecule has 0 unspecified atom stereocenters. The molecule has 0 fully saturated rings. The lowest BCUT2D eigenvalue weighted by Gasteiger charge is -2.07. The van der Waals surface area contributed by atoms with Crippen molar-refractivity contribution in [2.75, 3.05) is 0 Å². The first-order valence-corrected chi connectivity index (χ1v) is 5.13. The minimum Gasteiger partial charge on any atom is -0.508 e. The molecule has 0 spiro atoms. The van der Waals surface area contributed by atoms with Gasteiger partial charge in [-0.15, -0.1) is 0 Å². The van der Waals surface area contributed by atoms with E-state index in [9.17, 15) is 5.11 Å². The van der Waals surface area contributed by atoms with Crippen molar-refractivity contribution in [3.63, 3.8) is 0 Å². The maximum atomic E-state index is 9.58. The number of phenols is 1. The van der Waals surface area contributed by atoms with Gasteiger partial charge in [0.2, 0.25) is 0 Å². The molecule has 0 bridgehead atoms. The minimum atomic E-state index is 0.359. The topological polar surface area (TPSA) is 20.2 Å². The number of phenolic OH excluding ortho intramolecular Hbond substituents is 1. The van der Waals surface area contributed by atoms with E-state index in [1.54, 1.807) is 6.07 Å². The molecule has 0 radical (unpaired) electrons. The average molecular weight is 202 g/mol. The SMILES string of the molecule is CC(C)=CC=C(C)c1cccc(O)c1C. The van der Waals surface area contributed by atoms with Crippen molar-refractivity contribution >= 4 is 5.57 Å². The molecule has 0 aliphatic carbocycles. The van der Waals surface area contributed by atoms with Crippen LogP contribution >= 0.6 is 0 Å². The highest BCUT2D eigenvalue weighted by Crippen LogP contribution is 2.25. The van der Waals surface area contributed by atoms with E-state index in [1.807, 2.05) is 19.1 Å². The smallest absolute Gasteiger partial charge is 0.119 e. The Balaban J connectivity index is 3.12. The van der Waals surface area contributed by atoms with Crippen molar-refractivity contribution in [2.45, 2.75) is 27.7 Å². The molecule has 0 aliphatic rings. The molecule has 1 aromatic carbocycles. The van der Waals surface area contributed by atoms with E-state index >= 15 is 0 Å². The van der Waals surface area contributed by atoms with Crippen molar-refractivity contribution in [1.82, 2.24) is 0 Å². The maximum Gasteiger partial charge on any atom is 0.119 e. The predicted molar refractivity (Wildman–Crippen MR) is 65.9 cm³/mol. The van der Waals surface area contributed by atoms with Crippen LogP contribution in [-0.4, -0.2) is 5.11 Å². The van der Waals surface area contributed by atoms with Gasteiger partial charge < -0.3 is 5.11 Å². The molecule has 0 atom stereocenters. The van der Waals surface area contributed by atoms with Crippen molar-refractivity contribution in [3.8, 4) is 5.75 Å². The van der Waals surface area contributed by atoms with Crippen LogP contribution in [-0.2, 0) is 0 Å². The van der Waals surface area contributed by atoms with Gasteiger partial charge in [0.25, 0.3) is 0 Å². The van der Waals surface area contributed by atoms with Gasteiger partial charge in [-0.1, -0.05) is 29.9 Å². The van der Waals surface area contributed by atoms with Crippen molar-refractivity contribution in [1.29, 1.82) is 0 Å². The van der Waals surface area contributed by atoms with E-state index in [4.69, 9.17) is 0 Å². The maximum absolute atomic E-state index is 9.58. The van der Waals surface area contributed by atoms with Crippen LogP contribution in [0.5, 0.6) is 5.75 Å². The molecule has 80 valence electrons. The van der Waals surface area contributed by atoms with Gasteiger partial charge in [-0.25, -0.2) is 0 Å². The van der Waals surface area contributed by atoms with E-state index in [2.05, 4.69) is 32.9 Å². The lowest BCUT2D eigenvalue weighted by atomic mass is 10.0. The highest BCUT2D eigenvalue weighted by molar-refractivity contribution is 5.69. The van der Waals surface area contributed by atoms with Gasteiger partial charge in [0.15, 0.2) is 0 Å². The largest absolute Gasteiger partial charge is 0.508 e. The van der Waals surface area contributed by atoms with Gasteiger partial charge in [-0.3, -0.25) is 0 Å². The summed E-state index contributed by atoms with van der Waals surface area (Å²) in [6.07, 6.45) is 4.16. The minimum absolute atomic E-state index is 0.359. The molecule has 1 aromatic rings. The number of hydrogen-bond donors (Lipinski definition) is 1. The van der Waals surface area contributed by atoms with E-state index in [0.717, 1.165) is 11.1 Å². The highest BCUT2D eigenvalue weighted by atomic mass is 16.3. The van der Waals surface area contributed by atoms with Gasteiger partial charge in [0, 0.05) is 0 Å². The lowest BCUT2D eigenvalue weighted by Crippen LogP contribution is -1.85. The Labute approximate surface area is 91.8 Å². The van der Waals surface area contributed by atoms with Crippen LogP contribution in [0.1, 0.15) is 31.9 Å². The van der Waals surface area contributed by atoms with Crippen LogP contribution < -0.4 is 0 Å². The Morgan fingerprint density at radius 3 is 2.40 bits per heavy atom. The molecule has 0 amide bonds. The normalized spacial score (nSPS) is 11.3. The summed E-state index contributed by atoms with van der Waals surface area (Å²) in [4.78, 5) is 0. The first-order valence-electron chi connectivity index (χ1n) is 5.13. The Morgan fingerprint density at radius 2 is 1.80 bits per heavy atom. The molecular formula is C14H18O. The standard InChI is InChI=1S/C14H18O/c1-10(2)8-9-11(3)13-6-5-7-14(15)12(13)4/h5-9,15H,1-4H3. The Hall–Kier alpha value is -1.50. The van der Waals surface area contributed by atoms with Crippen molar-refractivity contribution in [2.24, 2.45) is 0 Å². The quantitative estimate of drug-likeness (QED) is 0.717. The number of aromatic hydroxyl groups is 1. The molecule has 1 rings (SSSR count). The molecule has 1 heteroatoms. The van der Waals surface area contributed by atoms with E-state index in [1.165, 1.54) is 11.1 Å². The Morgan fingerprint density at radius 1 is 1.13 bits per heavy atom. The first kappa shape index (κ1) is 11.6. The van der Waals surface area contributed by atoms with Crippen molar-refractivity contribution < 1.29 is 5.11 Å². The van der Waals surface area contributed by atoms with Crippen LogP contribution in [0.4, 0.5) is 0 Å².